The fourth-order valence-corrected chi connectivity index (χ4v) is 1.69. The zero-order valence-corrected chi connectivity index (χ0v) is 6.21. The molecule has 1 unspecified atom stereocenters. The van der Waals surface area contributed by atoms with E-state index in [4.69, 9.17) is 5.84 Å². The number of hydrogen-bond donors (Lipinski definition) is 2. The van der Waals surface area contributed by atoms with Crippen LogP contribution in [0.5, 0.6) is 0 Å². The molecule has 3 heteroatoms. The molecule has 1 saturated heterocycles. The Morgan fingerprint density at radius 3 is 2.60 bits per heavy atom. The normalized spacial score (nSPS) is 35.1. The predicted octanol–water partition coefficient (Wildman–Crippen LogP) is -0.314. The number of nitrogens with one attached hydrogen (secondary N) is 1. The van der Waals surface area contributed by atoms with Crippen LogP contribution in [0.15, 0.2) is 0 Å². The molecular weight excluding hydrogens is 126 g/mol. The van der Waals surface area contributed by atoms with E-state index in [2.05, 4.69) is 10.3 Å². The molecule has 1 aliphatic carbocycles. The van der Waals surface area contributed by atoms with E-state index in [0.29, 0.717) is 6.04 Å². The number of rotatable bonds is 2. The smallest absolute Gasteiger partial charge is 0.0350 e. The van der Waals surface area contributed by atoms with E-state index in [1.165, 1.54) is 32.4 Å². The highest BCUT2D eigenvalue weighted by molar-refractivity contribution is 4.90. The average Bonchev–Trinajstić information content (AvgIpc) is 2.70. The second-order valence-corrected chi connectivity index (χ2v) is 3.38. The van der Waals surface area contributed by atoms with Gasteiger partial charge in [0, 0.05) is 25.2 Å². The van der Waals surface area contributed by atoms with Crippen molar-refractivity contribution in [3.8, 4) is 0 Å². The molecule has 0 aromatic rings. The van der Waals surface area contributed by atoms with Crippen molar-refractivity contribution >= 4 is 0 Å². The summed E-state index contributed by atoms with van der Waals surface area (Å²) in [7, 11) is 0. The van der Waals surface area contributed by atoms with Gasteiger partial charge >= 0.3 is 0 Å². The Morgan fingerprint density at radius 2 is 2.10 bits per heavy atom. The van der Waals surface area contributed by atoms with Crippen LogP contribution in [0.2, 0.25) is 0 Å². The van der Waals surface area contributed by atoms with Crippen LogP contribution in [0.3, 0.4) is 0 Å². The third kappa shape index (κ3) is 1.17. The van der Waals surface area contributed by atoms with Crippen molar-refractivity contribution in [2.75, 3.05) is 13.1 Å². The summed E-state index contributed by atoms with van der Waals surface area (Å²) in [5.41, 5.74) is 2.83. The molecule has 3 N–H and O–H groups in total. The van der Waals surface area contributed by atoms with E-state index in [9.17, 15) is 0 Å². The Morgan fingerprint density at radius 1 is 1.30 bits per heavy atom. The number of nitrogens with zero attached hydrogens (tertiary/aromatic N) is 1. The van der Waals surface area contributed by atoms with Crippen molar-refractivity contribution < 1.29 is 0 Å². The highest BCUT2D eigenvalue weighted by atomic mass is 15.3. The summed E-state index contributed by atoms with van der Waals surface area (Å²) in [5.74, 6) is 5.34. The maximum atomic E-state index is 5.34. The highest BCUT2D eigenvalue weighted by Gasteiger charge is 2.33. The molecule has 0 spiro atoms. The molecule has 10 heavy (non-hydrogen) atoms. The zero-order valence-electron chi connectivity index (χ0n) is 6.21. The minimum absolute atomic E-state index is 0.556. The molecule has 2 fully saturated rings. The molecule has 0 bridgehead atoms. The van der Waals surface area contributed by atoms with Crippen molar-refractivity contribution in [3.05, 3.63) is 0 Å². The summed E-state index contributed by atoms with van der Waals surface area (Å²) in [6, 6.07) is 1.47. The standard InChI is InChI=1S/C7H15N3/c8-9-6-3-4-10(5-6)7-1-2-7/h6-7,9H,1-5,8H2. The summed E-state index contributed by atoms with van der Waals surface area (Å²) in [5, 5.41) is 0. The van der Waals surface area contributed by atoms with Crippen LogP contribution in [-0.4, -0.2) is 30.1 Å². The Kier molecular flexibility index (Phi) is 1.64. The molecule has 0 aromatic heterocycles. The van der Waals surface area contributed by atoms with Gasteiger partial charge in [-0.2, -0.15) is 0 Å². The Bertz CT molecular complexity index is 122. The fraction of sp³-hybridized carbons (Fsp3) is 1.00. The monoisotopic (exact) mass is 141 g/mol. The molecule has 0 amide bonds. The van der Waals surface area contributed by atoms with Crippen LogP contribution in [0, 0.1) is 0 Å². The van der Waals surface area contributed by atoms with Gasteiger partial charge in [0.2, 0.25) is 0 Å². The SMILES string of the molecule is NNC1CCN(C2CC2)C1. The van der Waals surface area contributed by atoms with Crippen LogP contribution < -0.4 is 11.3 Å². The molecule has 0 aromatic carbocycles. The van der Waals surface area contributed by atoms with Crippen molar-refractivity contribution in [3.63, 3.8) is 0 Å². The van der Waals surface area contributed by atoms with E-state index >= 15 is 0 Å². The first-order valence-corrected chi connectivity index (χ1v) is 4.10. The Labute approximate surface area is 61.5 Å². The Balaban J connectivity index is 1.81. The topological polar surface area (TPSA) is 41.3 Å². The summed E-state index contributed by atoms with van der Waals surface area (Å²) < 4.78 is 0. The maximum absolute atomic E-state index is 5.34. The average molecular weight is 141 g/mol. The van der Waals surface area contributed by atoms with Gasteiger partial charge in [0.25, 0.3) is 0 Å². The molecule has 1 saturated carbocycles. The summed E-state index contributed by atoms with van der Waals surface area (Å²) in [6.07, 6.45) is 4.06. The van der Waals surface area contributed by atoms with Gasteiger partial charge in [0.15, 0.2) is 0 Å². The van der Waals surface area contributed by atoms with Gasteiger partial charge in [-0.05, 0) is 19.3 Å². The lowest BCUT2D eigenvalue weighted by molar-refractivity contribution is 0.318. The molecule has 3 nitrogen and oxygen atoms in total. The van der Waals surface area contributed by atoms with Crippen molar-refractivity contribution in [2.24, 2.45) is 5.84 Å². The van der Waals surface area contributed by atoms with Gasteiger partial charge in [-0.1, -0.05) is 0 Å². The van der Waals surface area contributed by atoms with Gasteiger partial charge in [0.05, 0.1) is 0 Å². The van der Waals surface area contributed by atoms with Crippen LogP contribution in [0.1, 0.15) is 19.3 Å². The zero-order chi connectivity index (χ0) is 6.97. The van der Waals surface area contributed by atoms with Gasteiger partial charge in [-0.15, -0.1) is 0 Å². The Hall–Kier alpha value is -0.120. The second kappa shape index (κ2) is 2.49. The third-order valence-corrected chi connectivity index (χ3v) is 2.52. The molecule has 1 aliphatic heterocycles. The van der Waals surface area contributed by atoms with Crippen LogP contribution in [0.4, 0.5) is 0 Å². The predicted molar refractivity (Wildman–Crippen MR) is 40.3 cm³/mol. The van der Waals surface area contributed by atoms with E-state index in [1.54, 1.807) is 0 Å². The first-order chi connectivity index (χ1) is 4.90. The van der Waals surface area contributed by atoms with Crippen LogP contribution in [0.25, 0.3) is 0 Å². The number of nitrogens with two attached hydrogens (primary N) is 1. The molecular formula is C7H15N3. The fourth-order valence-electron chi connectivity index (χ4n) is 1.69. The number of hydrogen-bond acceptors (Lipinski definition) is 3. The van der Waals surface area contributed by atoms with E-state index in [-0.39, 0.29) is 0 Å². The van der Waals surface area contributed by atoms with Crippen molar-refractivity contribution in [1.29, 1.82) is 0 Å². The van der Waals surface area contributed by atoms with Crippen LogP contribution in [-0.2, 0) is 0 Å². The summed E-state index contributed by atoms with van der Waals surface area (Å²) in [4.78, 5) is 2.55. The second-order valence-electron chi connectivity index (χ2n) is 3.38. The maximum Gasteiger partial charge on any atom is 0.0350 e. The number of hydrazine groups is 1. The molecule has 1 heterocycles. The van der Waals surface area contributed by atoms with Gasteiger partial charge < -0.3 is 0 Å². The molecule has 2 rings (SSSR count). The summed E-state index contributed by atoms with van der Waals surface area (Å²) >= 11 is 0. The molecule has 2 aliphatic rings. The van der Waals surface area contributed by atoms with Gasteiger partial charge in [-0.25, -0.2) is 0 Å². The lowest BCUT2D eigenvalue weighted by atomic mass is 10.3. The van der Waals surface area contributed by atoms with E-state index < -0.39 is 0 Å². The third-order valence-electron chi connectivity index (χ3n) is 2.52. The first kappa shape index (κ1) is 6.58. The minimum atomic E-state index is 0.556. The molecule has 58 valence electrons. The summed E-state index contributed by atoms with van der Waals surface area (Å²) in [6.45, 7) is 2.42. The quantitative estimate of drug-likeness (QED) is 0.409. The van der Waals surface area contributed by atoms with E-state index in [0.717, 1.165) is 6.04 Å². The number of likely N-dealkylation sites (tertiary alicyclic amines) is 1. The first-order valence-electron chi connectivity index (χ1n) is 4.10. The largest absolute Gasteiger partial charge is 0.299 e. The van der Waals surface area contributed by atoms with Gasteiger partial charge in [0.1, 0.15) is 0 Å². The van der Waals surface area contributed by atoms with E-state index in [1.807, 2.05) is 0 Å². The lowest BCUT2D eigenvalue weighted by Crippen LogP contribution is -2.37. The molecule has 1 atom stereocenters. The minimum Gasteiger partial charge on any atom is -0.299 e. The molecule has 0 radical (unpaired) electrons. The van der Waals surface area contributed by atoms with Crippen molar-refractivity contribution in [2.45, 2.75) is 31.3 Å². The van der Waals surface area contributed by atoms with Gasteiger partial charge in [-0.3, -0.25) is 16.2 Å². The van der Waals surface area contributed by atoms with Crippen LogP contribution >= 0.6 is 0 Å². The lowest BCUT2D eigenvalue weighted by Gasteiger charge is -2.13. The highest BCUT2D eigenvalue weighted by Crippen LogP contribution is 2.29. The van der Waals surface area contributed by atoms with Crippen molar-refractivity contribution in [1.82, 2.24) is 10.3 Å².